The average Bonchev–Trinajstić information content (AvgIpc) is 2.61. The molecule has 0 unspecified atom stereocenters. The van der Waals surface area contributed by atoms with E-state index in [2.05, 4.69) is 5.32 Å². The largest absolute Gasteiger partial charge is 0.466 e. The zero-order chi connectivity index (χ0) is 23.0. The van der Waals surface area contributed by atoms with Gasteiger partial charge in [-0.05, 0) is 32.3 Å². The molecule has 0 bridgehead atoms. The molecule has 0 spiro atoms. The number of halogens is 2. The van der Waals surface area contributed by atoms with Crippen molar-refractivity contribution in [2.24, 2.45) is 0 Å². The summed E-state index contributed by atoms with van der Waals surface area (Å²) in [7, 11) is 1.16. The predicted octanol–water partition coefficient (Wildman–Crippen LogP) is 3.96. The first-order chi connectivity index (χ1) is 13.7. The van der Waals surface area contributed by atoms with Crippen molar-refractivity contribution in [2.45, 2.75) is 26.6 Å². The molecule has 7 heteroatoms. The molecule has 0 amide bonds. The van der Waals surface area contributed by atoms with E-state index in [1.807, 2.05) is 0 Å². The SMILES string of the molecule is [2H]C([2H])([2H])C([2H])([2H])OC(=O)C1=C(C)NC(C)=C(C(=O)OC)[C@H]1c1cccc(Cl)c1Cl. The van der Waals surface area contributed by atoms with Gasteiger partial charge in [0, 0.05) is 15.5 Å². The van der Waals surface area contributed by atoms with Gasteiger partial charge in [0.05, 0.1) is 43.5 Å². The van der Waals surface area contributed by atoms with E-state index in [-0.39, 0.29) is 32.5 Å². The predicted molar refractivity (Wildman–Crippen MR) is 96.4 cm³/mol. The number of nitrogens with one attached hydrogen (secondary N) is 1. The zero-order valence-electron chi connectivity index (χ0n) is 18.7. The maximum atomic E-state index is 13.0. The molecule has 1 aliphatic rings. The summed E-state index contributed by atoms with van der Waals surface area (Å²) in [5.74, 6) is -3.17. The van der Waals surface area contributed by atoms with Crippen LogP contribution < -0.4 is 5.32 Å². The van der Waals surface area contributed by atoms with Crippen molar-refractivity contribution < 1.29 is 25.9 Å². The summed E-state index contributed by atoms with van der Waals surface area (Å²) in [6, 6.07) is 4.62. The normalized spacial score (nSPS) is 21.3. The van der Waals surface area contributed by atoms with Crippen LogP contribution in [0.15, 0.2) is 40.7 Å². The lowest BCUT2D eigenvalue weighted by Crippen LogP contribution is -2.32. The molecule has 0 aromatic heterocycles. The molecular weight excluding hydrogens is 365 g/mol. The van der Waals surface area contributed by atoms with Crippen LogP contribution >= 0.6 is 23.2 Å². The van der Waals surface area contributed by atoms with Crippen molar-refractivity contribution in [3.8, 4) is 0 Å². The van der Waals surface area contributed by atoms with Crippen LogP contribution in [0.25, 0.3) is 0 Å². The molecule has 1 N–H and O–H groups in total. The Morgan fingerprint density at radius 3 is 2.48 bits per heavy atom. The van der Waals surface area contributed by atoms with Crippen LogP contribution in [0.5, 0.6) is 0 Å². The summed E-state index contributed by atoms with van der Waals surface area (Å²) in [5.41, 5.74) is 0.696. The molecule has 1 aromatic carbocycles. The first kappa shape index (κ1) is 13.3. The van der Waals surface area contributed by atoms with Gasteiger partial charge in [0.15, 0.2) is 0 Å². The number of dihydropyridines is 1. The fraction of sp³-hybridized carbons (Fsp3) is 0.333. The third kappa shape index (κ3) is 3.67. The monoisotopic (exact) mass is 388 g/mol. The average molecular weight is 389 g/mol. The van der Waals surface area contributed by atoms with Gasteiger partial charge >= 0.3 is 11.9 Å². The standard InChI is InChI=1S/C18H19Cl2NO4/c1-5-25-18(23)14-10(3)21-9(2)13(17(22)24-4)15(14)11-7-6-8-12(19)16(11)20/h6-8,15,21H,5H2,1-4H3/t15-/m1/s1/i1D3,5D2. The van der Waals surface area contributed by atoms with Gasteiger partial charge in [-0.1, -0.05) is 35.3 Å². The number of rotatable bonds is 4. The fourth-order valence-electron chi connectivity index (χ4n) is 2.80. The molecule has 25 heavy (non-hydrogen) atoms. The van der Waals surface area contributed by atoms with Gasteiger partial charge in [0.25, 0.3) is 0 Å². The topological polar surface area (TPSA) is 64.6 Å². The zero-order valence-corrected chi connectivity index (χ0v) is 15.2. The summed E-state index contributed by atoms with van der Waals surface area (Å²) in [4.78, 5) is 25.5. The highest BCUT2D eigenvalue weighted by atomic mass is 35.5. The summed E-state index contributed by atoms with van der Waals surface area (Å²) in [6.45, 7) is -3.39. The van der Waals surface area contributed by atoms with Gasteiger partial charge in [0.2, 0.25) is 0 Å². The van der Waals surface area contributed by atoms with Crippen LogP contribution in [0.4, 0.5) is 0 Å². The minimum Gasteiger partial charge on any atom is -0.466 e. The second kappa shape index (κ2) is 7.93. The molecule has 0 fully saturated rings. The molecule has 1 aliphatic heterocycles. The summed E-state index contributed by atoms with van der Waals surface area (Å²) in [5, 5.41) is 3.08. The van der Waals surface area contributed by atoms with Gasteiger partial charge < -0.3 is 14.8 Å². The van der Waals surface area contributed by atoms with E-state index >= 15 is 0 Å². The number of benzene rings is 1. The van der Waals surface area contributed by atoms with Crippen molar-refractivity contribution in [2.75, 3.05) is 13.7 Å². The molecule has 1 atom stereocenters. The smallest absolute Gasteiger partial charge is 0.336 e. The van der Waals surface area contributed by atoms with Gasteiger partial charge in [-0.3, -0.25) is 0 Å². The number of methoxy groups -OCH3 is 1. The Balaban J connectivity index is 2.70. The lowest BCUT2D eigenvalue weighted by molar-refractivity contribution is -0.139. The molecule has 134 valence electrons. The molecular formula is C18H19Cl2NO4. The highest BCUT2D eigenvalue weighted by molar-refractivity contribution is 6.42. The number of carbonyl (C=O) groups excluding carboxylic acids is 2. The van der Waals surface area contributed by atoms with Crippen molar-refractivity contribution in [3.05, 3.63) is 56.3 Å². The van der Waals surface area contributed by atoms with Crippen LogP contribution in [0, 0.1) is 0 Å². The van der Waals surface area contributed by atoms with Crippen molar-refractivity contribution >= 4 is 35.1 Å². The van der Waals surface area contributed by atoms with Crippen molar-refractivity contribution in [1.29, 1.82) is 0 Å². The number of hydrogen-bond acceptors (Lipinski definition) is 5. The van der Waals surface area contributed by atoms with E-state index in [4.69, 9.17) is 39.5 Å². The van der Waals surface area contributed by atoms with E-state index in [0.717, 1.165) is 7.11 Å². The molecule has 5 nitrogen and oxygen atoms in total. The fourth-order valence-corrected chi connectivity index (χ4v) is 3.22. The maximum Gasteiger partial charge on any atom is 0.336 e. The van der Waals surface area contributed by atoms with Crippen molar-refractivity contribution in [3.63, 3.8) is 0 Å². The molecule has 2 rings (SSSR count). The molecule has 0 saturated carbocycles. The van der Waals surface area contributed by atoms with E-state index in [9.17, 15) is 9.59 Å². The number of allylic oxidation sites excluding steroid dienone is 2. The minimum atomic E-state index is -3.26. The van der Waals surface area contributed by atoms with E-state index in [0.29, 0.717) is 5.70 Å². The van der Waals surface area contributed by atoms with Crippen LogP contribution in [0.1, 0.15) is 39.0 Å². The minimum absolute atomic E-state index is 0.0219. The Hall–Kier alpha value is -1.98. The number of hydrogen-bond donors (Lipinski definition) is 1. The van der Waals surface area contributed by atoms with Gasteiger partial charge in [-0.15, -0.1) is 0 Å². The highest BCUT2D eigenvalue weighted by Gasteiger charge is 2.38. The number of esters is 2. The molecule has 1 heterocycles. The molecule has 0 saturated heterocycles. The second-order valence-corrected chi connectivity index (χ2v) is 6.05. The lowest BCUT2D eigenvalue weighted by atomic mass is 9.80. The summed E-state index contributed by atoms with van der Waals surface area (Å²) < 4.78 is 46.6. The third-order valence-electron chi connectivity index (χ3n) is 3.82. The first-order valence-electron chi connectivity index (χ1n) is 9.67. The Morgan fingerprint density at radius 1 is 1.24 bits per heavy atom. The van der Waals surface area contributed by atoms with Crippen molar-refractivity contribution in [1.82, 2.24) is 5.32 Å². The number of ether oxygens (including phenoxy) is 2. The third-order valence-corrected chi connectivity index (χ3v) is 4.66. The number of carbonyl (C=O) groups is 2. The Kier molecular flexibility index (Phi) is 4.21. The Morgan fingerprint density at radius 2 is 1.88 bits per heavy atom. The van der Waals surface area contributed by atoms with Gasteiger partial charge in [-0.25, -0.2) is 9.59 Å². The highest BCUT2D eigenvalue weighted by Crippen LogP contribution is 2.43. The van der Waals surface area contributed by atoms with Crippen LogP contribution in [0.2, 0.25) is 10.0 Å². The molecule has 1 aromatic rings. The van der Waals surface area contributed by atoms with Gasteiger partial charge in [-0.2, -0.15) is 0 Å². The Labute approximate surface area is 163 Å². The van der Waals surface area contributed by atoms with E-state index in [1.165, 1.54) is 13.0 Å². The first-order valence-corrected chi connectivity index (χ1v) is 7.92. The quantitative estimate of drug-likeness (QED) is 0.790. The van der Waals surface area contributed by atoms with Crippen LogP contribution in [-0.2, 0) is 19.1 Å². The molecule has 0 aliphatic carbocycles. The van der Waals surface area contributed by atoms with E-state index in [1.54, 1.807) is 19.1 Å². The van der Waals surface area contributed by atoms with Gasteiger partial charge in [0.1, 0.15) is 0 Å². The van der Waals surface area contributed by atoms with E-state index < -0.39 is 31.3 Å². The Bertz CT molecular complexity index is 956. The lowest BCUT2D eigenvalue weighted by Gasteiger charge is -2.30. The second-order valence-electron chi connectivity index (χ2n) is 5.26. The molecule has 0 radical (unpaired) electrons. The maximum absolute atomic E-state index is 13.0. The summed E-state index contributed by atoms with van der Waals surface area (Å²) >= 11 is 12.5. The van der Waals surface area contributed by atoms with Crippen LogP contribution in [0.3, 0.4) is 0 Å². The summed E-state index contributed by atoms with van der Waals surface area (Å²) in [6.07, 6.45) is 0. The van der Waals surface area contributed by atoms with Crippen LogP contribution in [-0.4, -0.2) is 25.6 Å².